The van der Waals surface area contributed by atoms with Gasteiger partial charge >= 0.3 is 0 Å². The number of aromatic nitrogens is 3. The quantitative estimate of drug-likeness (QED) is 0.798. The summed E-state index contributed by atoms with van der Waals surface area (Å²) in [6.07, 6.45) is 1.42. The second-order valence-electron chi connectivity index (χ2n) is 3.45. The third-order valence-electron chi connectivity index (χ3n) is 2.04. The number of nitrogens with zero attached hydrogens (tertiary/aromatic N) is 3. The summed E-state index contributed by atoms with van der Waals surface area (Å²) < 4.78 is 26.7. The van der Waals surface area contributed by atoms with Crippen molar-refractivity contribution in [1.82, 2.24) is 15.2 Å². The molecule has 2 heterocycles. The van der Waals surface area contributed by atoms with Crippen molar-refractivity contribution < 1.29 is 8.42 Å². The van der Waals surface area contributed by atoms with E-state index in [1.807, 2.05) is 0 Å². The monoisotopic (exact) mass is 315 g/mol. The van der Waals surface area contributed by atoms with Crippen LogP contribution in [-0.4, -0.2) is 28.6 Å². The maximum Gasteiger partial charge on any atom is 0.265 e. The number of nitrogens with two attached hydrogens (primary N) is 1. The third kappa shape index (κ3) is 3.03. The van der Waals surface area contributed by atoms with Crippen LogP contribution >= 0.6 is 23.6 Å². The van der Waals surface area contributed by atoms with E-state index >= 15 is 0 Å². The van der Waals surface area contributed by atoms with Gasteiger partial charge in [-0.15, -0.1) is 10.2 Å². The molecule has 3 N–H and O–H groups in total. The average molecular weight is 315 g/mol. The van der Waals surface area contributed by atoms with Crippen LogP contribution in [0.1, 0.15) is 10.7 Å². The number of aryl methyl sites for hydroxylation is 1. The molecule has 7 nitrogen and oxygen atoms in total. The van der Waals surface area contributed by atoms with Crippen LogP contribution in [0.5, 0.6) is 0 Å². The minimum atomic E-state index is -3.85. The van der Waals surface area contributed by atoms with E-state index in [4.69, 9.17) is 18.0 Å². The van der Waals surface area contributed by atoms with Crippen molar-refractivity contribution in [3.63, 3.8) is 0 Å². The summed E-state index contributed by atoms with van der Waals surface area (Å²) in [5, 5.41) is 8.25. The van der Waals surface area contributed by atoms with Crippen molar-refractivity contribution in [3.05, 3.63) is 29.0 Å². The molecule has 0 spiro atoms. The zero-order chi connectivity index (χ0) is 14.0. The number of thiocarbonyl (C=S) groups is 1. The molecule has 0 saturated heterocycles. The highest BCUT2D eigenvalue weighted by Gasteiger charge is 2.22. The summed E-state index contributed by atoms with van der Waals surface area (Å²) in [6.45, 7) is 1.72. The molecule has 0 aliphatic heterocycles. The Kier molecular flexibility index (Phi) is 3.73. The van der Waals surface area contributed by atoms with Gasteiger partial charge in [0.25, 0.3) is 10.0 Å². The molecule has 0 saturated carbocycles. The molecule has 0 atom stereocenters. The molecule has 0 amide bonds. The van der Waals surface area contributed by atoms with Gasteiger partial charge in [0, 0.05) is 6.20 Å². The number of sulfonamides is 1. The summed E-state index contributed by atoms with van der Waals surface area (Å²) >= 11 is 5.91. The highest BCUT2D eigenvalue weighted by molar-refractivity contribution is 7.93. The first-order valence-corrected chi connectivity index (χ1v) is 7.68. The first-order chi connectivity index (χ1) is 8.90. The zero-order valence-electron chi connectivity index (χ0n) is 9.69. The van der Waals surface area contributed by atoms with E-state index in [-0.39, 0.29) is 20.7 Å². The van der Waals surface area contributed by atoms with Crippen molar-refractivity contribution in [2.24, 2.45) is 5.73 Å². The predicted octanol–water partition coefficient (Wildman–Crippen LogP) is 0.677. The van der Waals surface area contributed by atoms with Crippen LogP contribution in [0, 0.1) is 6.92 Å². The number of rotatable bonds is 4. The fourth-order valence-corrected chi connectivity index (χ4v) is 3.52. The van der Waals surface area contributed by atoms with E-state index < -0.39 is 10.0 Å². The van der Waals surface area contributed by atoms with E-state index in [1.54, 1.807) is 6.92 Å². The Hall–Kier alpha value is -1.65. The van der Waals surface area contributed by atoms with Gasteiger partial charge in [0.15, 0.2) is 0 Å². The van der Waals surface area contributed by atoms with Crippen LogP contribution in [0.3, 0.4) is 0 Å². The third-order valence-corrected chi connectivity index (χ3v) is 4.49. The minimum Gasteiger partial charge on any atom is -0.388 e. The van der Waals surface area contributed by atoms with Crippen LogP contribution in [0.15, 0.2) is 23.2 Å². The van der Waals surface area contributed by atoms with Crippen molar-refractivity contribution in [3.8, 4) is 0 Å². The molecule has 0 bridgehead atoms. The van der Waals surface area contributed by atoms with Gasteiger partial charge in [0.1, 0.15) is 20.6 Å². The first kappa shape index (κ1) is 13.8. The maximum atomic E-state index is 12.2. The number of hydrogen-bond donors (Lipinski definition) is 2. The summed E-state index contributed by atoms with van der Waals surface area (Å²) in [6, 6.07) is 2.86. The fraction of sp³-hybridized carbons (Fsp3) is 0.111. The van der Waals surface area contributed by atoms with Gasteiger partial charge in [-0.1, -0.05) is 23.6 Å². The molecule has 0 aromatic carbocycles. The van der Waals surface area contributed by atoms with Crippen molar-refractivity contribution >= 4 is 43.7 Å². The van der Waals surface area contributed by atoms with E-state index in [9.17, 15) is 8.42 Å². The molecule has 19 heavy (non-hydrogen) atoms. The molecule has 2 aromatic rings. The summed E-state index contributed by atoms with van der Waals surface area (Å²) in [5.41, 5.74) is 5.51. The molecule has 2 rings (SSSR count). The molecule has 0 aliphatic rings. The fourth-order valence-electron chi connectivity index (χ4n) is 1.30. The smallest absolute Gasteiger partial charge is 0.265 e. The Morgan fingerprint density at radius 3 is 2.79 bits per heavy atom. The first-order valence-electron chi connectivity index (χ1n) is 4.98. The lowest BCUT2D eigenvalue weighted by molar-refractivity contribution is 0.600. The SMILES string of the molecule is Cc1nnc(NS(=O)(=O)c2cccnc2C(N)=S)s1. The largest absolute Gasteiger partial charge is 0.388 e. The highest BCUT2D eigenvalue weighted by Crippen LogP contribution is 2.20. The van der Waals surface area contributed by atoms with Crippen LogP contribution < -0.4 is 10.5 Å². The summed E-state index contributed by atoms with van der Waals surface area (Å²) in [7, 11) is -3.85. The van der Waals surface area contributed by atoms with Crippen LogP contribution in [0.4, 0.5) is 5.13 Å². The predicted molar refractivity (Wildman–Crippen MR) is 75.6 cm³/mol. The van der Waals surface area contributed by atoms with Gasteiger partial charge in [0.2, 0.25) is 5.13 Å². The van der Waals surface area contributed by atoms with Crippen molar-refractivity contribution in [2.75, 3.05) is 4.72 Å². The molecule has 2 aromatic heterocycles. The van der Waals surface area contributed by atoms with Crippen molar-refractivity contribution in [2.45, 2.75) is 11.8 Å². The molecular weight excluding hydrogens is 306 g/mol. The normalized spacial score (nSPS) is 11.2. The Morgan fingerprint density at radius 1 is 1.47 bits per heavy atom. The van der Waals surface area contributed by atoms with Crippen LogP contribution in [0.25, 0.3) is 0 Å². The molecule has 100 valence electrons. The summed E-state index contributed by atoms with van der Waals surface area (Å²) in [5.74, 6) is 0. The average Bonchev–Trinajstić information content (AvgIpc) is 2.74. The second-order valence-corrected chi connectivity index (χ2v) is 6.72. The summed E-state index contributed by atoms with van der Waals surface area (Å²) in [4.78, 5) is 3.70. The lowest BCUT2D eigenvalue weighted by Gasteiger charge is -2.08. The molecule has 0 aliphatic carbocycles. The van der Waals surface area contributed by atoms with Crippen LogP contribution in [0.2, 0.25) is 0 Å². The Balaban J connectivity index is 2.43. The van der Waals surface area contributed by atoms with Gasteiger partial charge in [0.05, 0.1) is 0 Å². The lowest BCUT2D eigenvalue weighted by atomic mass is 10.3. The minimum absolute atomic E-state index is 0.0474. The molecular formula is C9H9N5O2S3. The lowest BCUT2D eigenvalue weighted by Crippen LogP contribution is -2.21. The highest BCUT2D eigenvalue weighted by atomic mass is 32.2. The number of pyridine rings is 1. The number of hydrogen-bond acceptors (Lipinski definition) is 7. The Bertz CT molecular complexity index is 725. The van der Waals surface area contributed by atoms with E-state index in [1.165, 1.54) is 18.3 Å². The van der Waals surface area contributed by atoms with E-state index in [2.05, 4.69) is 19.9 Å². The van der Waals surface area contributed by atoms with E-state index in [0.717, 1.165) is 11.3 Å². The molecule has 0 radical (unpaired) electrons. The number of nitrogens with one attached hydrogen (secondary N) is 1. The van der Waals surface area contributed by atoms with Crippen molar-refractivity contribution in [1.29, 1.82) is 0 Å². The van der Waals surface area contributed by atoms with Crippen LogP contribution in [-0.2, 0) is 10.0 Å². The van der Waals surface area contributed by atoms with Gasteiger partial charge in [-0.3, -0.25) is 9.71 Å². The van der Waals surface area contributed by atoms with Gasteiger partial charge in [-0.25, -0.2) is 8.42 Å². The topological polar surface area (TPSA) is 111 Å². The molecule has 10 heteroatoms. The maximum absolute atomic E-state index is 12.2. The van der Waals surface area contributed by atoms with E-state index in [0.29, 0.717) is 5.01 Å². The van der Waals surface area contributed by atoms with Gasteiger partial charge in [-0.2, -0.15) is 0 Å². The number of anilines is 1. The van der Waals surface area contributed by atoms with Gasteiger partial charge < -0.3 is 5.73 Å². The Labute approximate surface area is 118 Å². The standard InChI is InChI=1S/C9H9N5O2S3/c1-5-12-13-9(18-5)14-19(15,16)6-3-2-4-11-7(6)8(10)17/h2-4H,1H3,(H2,10,17)(H,13,14). The molecule has 0 fully saturated rings. The Morgan fingerprint density at radius 2 is 2.21 bits per heavy atom. The van der Waals surface area contributed by atoms with Gasteiger partial charge in [-0.05, 0) is 19.1 Å². The molecule has 0 unspecified atom stereocenters. The zero-order valence-corrected chi connectivity index (χ0v) is 12.1. The second kappa shape index (κ2) is 5.15.